The highest BCUT2D eigenvalue weighted by Crippen LogP contribution is 2.43. The van der Waals surface area contributed by atoms with Crippen molar-refractivity contribution >= 4 is 5.97 Å². The number of aryl methyl sites for hydroxylation is 1. The molecule has 86 valence electrons. The molecule has 0 spiro atoms. The van der Waals surface area contributed by atoms with Crippen molar-refractivity contribution in [3.05, 3.63) is 28.2 Å². The van der Waals surface area contributed by atoms with Crippen LogP contribution in [0.25, 0.3) is 0 Å². The maximum atomic E-state index is 11.7. The Morgan fingerprint density at radius 2 is 2.19 bits per heavy atom. The minimum atomic E-state index is -1.21. The van der Waals surface area contributed by atoms with E-state index in [4.69, 9.17) is 0 Å². The zero-order valence-electron chi connectivity index (χ0n) is 9.30. The van der Waals surface area contributed by atoms with Crippen molar-refractivity contribution in [2.24, 2.45) is 5.92 Å². The molecule has 1 heterocycles. The van der Waals surface area contributed by atoms with E-state index < -0.39 is 11.5 Å². The Balaban J connectivity index is 2.59. The van der Waals surface area contributed by atoms with E-state index in [0.29, 0.717) is 5.69 Å². The van der Waals surface area contributed by atoms with E-state index >= 15 is 0 Å². The van der Waals surface area contributed by atoms with E-state index in [2.05, 4.69) is 5.10 Å². The van der Waals surface area contributed by atoms with Gasteiger partial charge in [-0.3, -0.25) is 4.79 Å². The van der Waals surface area contributed by atoms with E-state index in [1.807, 2.05) is 0 Å². The van der Waals surface area contributed by atoms with E-state index in [1.165, 1.54) is 6.07 Å². The summed E-state index contributed by atoms with van der Waals surface area (Å²) in [6.07, 6.45) is 1.68. The Morgan fingerprint density at radius 3 is 2.69 bits per heavy atom. The highest BCUT2D eigenvalue weighted by atomic mass is 16.4. The van der Waals surface area contributed by atoms with Gasteiger partial charge in [0.25, 0.3) is 5.56 Å². The highest BCUT2D eigenvalue weighted by Gasteiger charge is 2.50. The minimum Gasteiger partial charge on any atom is -0.479 e. The molecule has 1 aromatic rings. The zero-order chi connectivity index (χ0) is 11.9. The van der Waals surface area contributed by atoms with E-state index in [0.717, 1.165) is 17.5 Å². The SMILES string of the molecule is Cc1ccc(=O)n(C(C)(C(=O)O)C2CC2)n1. The van der Waals surface area contributed by atoms with Gasteiger partial charge >= 0.3 is 5.97 Å². The fourth-order valence-electron chi connectivity index (χ4n) is 1.92. The molecular weight excluding hydrogens is 208 g/mol. The molecule has 1 fully saturated rings. The summed E-state index contributed by atoms with van der Waals surface area (Å²) in [6.45, 7) is 3.31. The first kappa shape index (κ1) is 10.9. The van der Waals surface area contributed by atoms with Gasteiger partial charge in [-0.05, 0) is 38.7 Å². The molecule has 1 aromatic heterocycles. The van der Waals surface area contributed by atoms with Gasteiger partial charge in [-0.15, -0.1) is 0 Å². The van der Waals surface area contributed by atoms with Crippen molar-refractivity contribution in [1.82, 2.24) is 9.78 Å². The number of aromatic nitrogens is 2. The second-order valence-electron chi connectivity index (χ2n) is 4.45. The standard InChI is InChI=1S/C11H14N2O3/c1-7-3-6-9(14)13(12-7)11(2,10(15)16)8-4-5-8/h3,6,8H,4-5H2,1-2H3,(H,15,16). The van der Waals surface area contributed by atoms with Gasteiger partial charge in [0.1, 0.15) is 0 Å². The van der Waals surface area contributed by atoms with Gasteiger partial charge in [0.2, 0.25) is 0 Å². The number of carbonyl (C=O) groups is 1. The van der Waals surface area contributed by atoms with E-state index in [9.17, 15) is 14.7 Å². The van der Waals surface area contributed by atoms with Gasteiger partial charge in [-0.2, -0.15) is 5.10 Å². The third kappa shape index (κ3) is 1.52. The van der Waals surface area contributed by atoms with Crippen LogP contribution in [0.3, 0.4) is 0 Å². The molecule has 0 aliphatic heterocycles. The monoisotopic (exact) mass is 222 g/mol. The second-order valence-corrected chi connectivity index (χ2v) is 4.45. The van der Waals surface area contributed by atoms with Crippen LogP contribution in [0.2, 0.25) is 0 Å². The van der Waals surface area contributed by atoms with Crippen LogP contribution in [0.1, 0.15) is 25.5 Å². The lowest BCUT2D eigenvalue weighted by molar-refractivity contribution is -0.148. The maximum absolute atomic E-state index is 11.7. The zero-order valence-corrected chi connectivity index (χ0v) is 9.30. The van der Waals surface area contributed by atoms with Gasteiger partial charge in [0, 0.05) is 6.07 Å². The number of aliphatic carboxylic acids is 1. The van der Waals surface area contributed by atoms with Gasteiger partial charge < -0.3 is 5.11 Å². The van der Waals surface area contributed by atoms with Crippen LogP contribution < -0.4 is 5.56 Å². The summed E-state index contributed by atoms with van der Waals surface area (Å²) in [7, 11) is 0. The molecule has 0 aromatic carbocycles. The molecule has 5 heteroatoms. The largest absolute Gasteiger partial charge is 0.479 e. The average molecular weight is 222 g/mol. The number of carboxylic acids is 1. The van der Waals surface area contributed by atoms with Crippen LogP contribution >= 0.6 is 0 Å². The van der Waals surface area contributed by atoms with Crippen LogP contribution in [0, 0.1) is 12.8 Å². The quantitative estimate of drug-likeness (QED) is 0.819. The molecule has 2 rings (SSSR count). The number of nitrogens with zero attached hydrogens (tertiary/aromatic N) is 2. The number of hydrogen-bond acceptors (Lipinski definition) is 3. The molecule has 0 bridgehead atoms. The molecule has 1 aliphatic carbocycles. The van der Waals surface area contributed by atoms with Crippen LogP contribution in [-0.4, -0.2) is 20.9 Å². The molecule has 1 saturated carbocycles. The number of rotatable bonds is 3. The third-order valence-electron chi connectivity index (χ3n) is 3.18. The molecule has 0 amide bonds. The molecule has 0 radical (unpaired) electrons. The topological polar surface area (TPSA) is 72.2 Å². The van der Waals surface area contributed by atoms with Crippen molar-refractivity contribution in [1.29, 1.82) is 0 Å². The Labute approximate surface area is 92.7 Å². The van der Waals surface area contributed by atoms with Crippen LogP contribution in [0.4, 0.5) is 0 Å². The van der Waals surface area contributed by atoms with E-state index in [1.54, 1.807) is 19.9 Å². The lowest BCUT2D eigenvalue weighted by atomic mass is 9.96. The number of carboxylic acid groups (broad SMARTS) is 1. The summed E-state index contributed by atoms with van der Waals surface area (Å²) in [5, 5.41) is 13.4. The van der Waals surface area contributed by atoms with Crippen molar-refractivity contribution in [2.75, 3.05) is 0 Å². The molecule has 5 nitrogen and oxygen atoms in total. The van der Waals surface area contributed by atoms with Crippen molar-refractivity contribution in [3.8, 4) is 0 Å². The number of hydrogen-bond donors (Lipinski definition) is 1. The summed E-state index contributed by atoms with van der Waals surface area (Å²) in [5.74, 6) is -0.979. The minimum absolute atomic E-state index is 0.0111. The first-order chi connectivity index (χ1) is 7.46. The van der Waals surface area contributed by atoms with E-state index in [-0.39, 0.29) is 11.5 Å². The summed E-state index contributed by atoms with van der Waals surface area (Å²) in [6, 6.07) is 2.96. The van der Waals surface area contributed by atoms with Crippen LogP contribution in [0.5, 0.6) is 0 Å². The predicted octanol–water partition coefficient (Wildman–Crippen LogP) is 0.762. The second kappa shape index (κ2) is 3.43. The van der Waals surface area contributed by atoms with Gasteiger partial charge in [-0.1, -0.05) is 0 Å². The van der Waals surface area contributed by atoms with Crippen LogP contribution in [-0.2, 0) is 10.3 Å². The highest BCUT2D eigenvalue weighted by molar-refractivity contribution is 5.77. The Bertz CT molecular complexity index is 490. The maximum Gasteiger partial charge on any atom is 0.331 e. The van der Waals surface area contributed by atoms with Crippen molar-refractivity contribution < 1.29 is 9.90 Å². The van der Waals surface area contributed by atoms with Gasteiger partial charge in [0.05, 0.1) is 5.69 Å². The lowest BCUT2D eigenvalue weighted by Crippen LogP contribution is -2.48. The fraction of sp³-hybridized carbons (Fsp3) is 0.545. The fourth-order valence-corrected chi connectivity index (χ4v) is 1.92. The summed E-state index contributed by atoms with van der Waals surface area (Å²) >= 11 is 0. The Hall–Kier alpha value is -1.65. The molecule has 1 unspecified atom stereocenters. The molecule has 1 aliphatic rings. The molecular formula is C11H14N2O3. The summed E-state index contributed by atoms with van der Waals surface area (Å²) in [5.41, 5.74) is -0.918. The summed E-state index contributed by atoms with van der Waals surface area (Å²) in [4.78, 5) is 23.1. The predicted molar refractivity (Wildman–Crippen MR) is 57.2 cm³/mol. The van der Waals surface area contributed by atoms with Crippen molar-refractivity contribution in [2.45, 2.75) is 32.2 Å². The molecule has 1 N–H and O–H groups in total. The Kier molecular flexibility index (Phi) is 2.33. The molecule has 16 heavy (non-hydrogen) atoms. The molecule has 1 atom stereocenters. The summed E-state index contributed by atoms with van der Waals surface area (Å²) < 4.78 is 1.11. The lowest BCUT2D eigenvalue weighted by Gasteiger charge is -2.25. The molecule has 0 saturated heterocycles. The normalized spacial score (nSPS) is 19.1. The average Bonchev–Trinajstić information content (AvgIpc) is 3.04. The first-order valence-electron chi connectivity index (χ1n) is 5.27. The van der Waals surface area contributed by atoms with Gasteiger partial charge in [0.15, 0.2) is 5.54 Å². The third-order valence-corrected chi connectivity index (χ3v) is 3.18. The Morgan fingerprint density at radius 1 is 1.56 bits per heavy atom. The smallest absolute Gasteiger partial charge is 0.331 e. The van der Waals surface area contributed by atoms with Crippen LogP contribution in [0.15, 0.2) is 16.9 Å². The van der Waals surface area contributed by atoms with Crippen molar-refractivity contribution in [3.63, 3.8) is 0 Å². The first-order valence-corrected chi connectivity index (χ1v) is 5.27. The van der Waals surface area contributed by atoms with Gasteiger partial charge in [-0.25, -0.2) is 9.48 Å².